The quantitative estimate of drug-likeness (QED) is 0.504. The first kappa shape index (κ1) is 19.7. The zero-order valence-corrected chi connectivity index (χ0v) is 14.8. The number of anilines is 1. The molecular formula is C17H11F6N7. The fourth-order valence-corrected chi connectivity index (χ4v) is 2.92. The molecule has 0 saturated heterocycles. The Morgan fingerprint density at radius 2 is 1.57 bits per heavy atom. The molecule has 0 unspecified atom stereocenters. The normalized spacial score (nSPS) is 12.6. The molecular weight excluding hydrogens is 416 g/mol. The van der Waals surface area contributed by atoms with Gasteiger partial charge in [0, 0.05) is 12.4 Å². The Labute approximate surface area is 163 Å². The van der Waals surface area contributed by atoms with E-state index in [0.717, 1.165) is 4.68 Å². The van der Waals surface area contributed by atoms with Gasteiger partial charge in [0.05, 0.1) is 29.3 Å². The van der Waals surface area contributed by atoms with Crippen molar-refractivity contribution in [2.45, 2.75) is 18.9 Å². The molecule has 0 fully saturated rings. The molecule has 0 radical (unpaired) electrons. The molecule has 4 aromatic rings. The molecule has 13 heteroatoms. The van der Waals surface area contributed by atoms with Crippen LogP contribution in [0.3, 0.4) is 0 Å². The Morgan fingerprint density at radius 3 is 2.13 bits per heavy atom. The minimum Gasteiger partial charge on any atom is -0.368 e. The average molecular weight is 427 g/mol. The van der Waals surface area contributed by atoms with Crippen LogP contribution in [0.5, 0.6) is 0 Å². The van der Waals surface area contributed by atoms with Crippen LogP contribution in [0.25, 0.3) is 16.9 Å². The van der Waals surface area contributed by atoms with Gasteiger partial charge in [-0.25, -0.2) is 9.36 Å². The number of fused-ring (bicyclic) bond motifs is 1. The topological polar surface area (TPSA) is 87.4 Å². The van der Waals surface area contributed by atoms with Gasteiger partial charge in [-0.1, -0.05) is 0 Å². The molecule has 156 valence electrons. The van der Waals surface area contributed by atoms with Gasteiger partial charge in [-0.3, -0.25) is 0 Å². The molecule has 0 saturated carbocycles. The number of nitrogen functional groups attached to an aromatic ring is 1. The summed E-state index contributed by atoms with van der Waals surface area (Å²) in [7, 11) is 0. The third-order valence-electron chi connectivity index (χ3n) is 4.19. The number of nitrogens with two attached hydrogens (primary N) is 1. The first-order valence-corrected chi connectivity index (χ1v) is 8.30. The molecule has 0 aliphatic rings. The van der Waals surface area contributed by atoms with Gasteiger partial charge in [0.15, 0.2) is 11.5 Å². The SMILES string of the molecule is Nc1nc(-n2cccn2)c2cnn(Cc3cc(C(F)(F)F)cc(C(F)(F)F)c3)c2n1. The number of hydrogen-bond acceptors (Lipinski definition) is 5. The highest BCUT2D eigenvalue weighted by molar-refractivity contribution is 5.83. The monoisotopic (exact) mass is 427 g/mol. The molecule has 3 heterocycles. The first-order chi connectivity index (χ1) is 14.0. The number of alkyl halides is 6. The summed E-state index contributed by atoms with van der Waals surface area (Å²) < 4.78 is 81.1. The Morgan fingerprint density at radius 1 is 0.900 bits per heavy atom. The van der Waals surface area contributed by atoms with Crippen molar-refractivity contribution >= 4 is 17.0 Å². The van der Waals surface area contributed by atoms with Crippen molar-refractivity contribution in [1.29, 1.82) is 0 Å². The van der Waals surface area contributed by atoms with E-state index in [1.807, 2.05) is 0 Å². The molecule has 0 aliphatic carbocycles. The Hall–Kier alpha value is -3.64. The average Bonchev–Trinajstić information content (AvgIpc) is 3.30. The minimum absolute atomic E-state index is 0.0701. The second-order valence-electron chi connectivity index (χ2n) is 6.31. The second-order valence-corrected chi connectivity index (χ2v) is 6.31. The largest absolute Gasteiger partial charge is 0.416 e. The third kappa shape index (κ3) is 3.65. The summed E-state index contributed by atoms with van der Waals surface area (Å²) >= 11 is 0. The van der Waals surface area contributed by atoms with Crippen LogP contribution in [0.2, 0.25) is 0 Å². The van der Waals surface area contributed by atoms with Crippen LogP contribution < -0.4 is 5.73 Å². The number of nitrogens with zero attached hydrogens (tertiary/aromatic N) is 6. The van der Waals surface area contributed by atoms with Crippen molar-refractivity contribution < 1.29 is 26.3 Å². The summed E-state index contributed by atoms with van der Waals surface area (Å²) in [6, 6.07) is 2.99. The standard InChI is InChI=1S/C17H11F6N7/c18-16(19,20)10-4-9(5-11(6-10)17(21,22)23)8-30-14-12(7-26-30)13(27-15(24)28-14)29-3-1-2-25-29/h1-7H,8H2,(H2,24,27,28). The van der Waals surface area contributed by atoms with E-state index in [1.165, 1.54) is 17.1 Å². The highest BCUT2D eigenvalue weighted by Crippen LogP contribution is 2.36. The Balaban J connectivity index is 1.82. The molecule has 0 spiro atoms. The molecule has 0 aliphatic heterocycles. The van der Waals surface area contributed by atoms with Crippen molar-refractivity contribution in [2.24, 2.45) is 0 Å². The Bertz CT molecular complexity index is 1180. The van der Waals surface area contributed by atoms with Gasteiger partial charge in [-0.2, -0.15) is 46.5 Å². The lowest BCUT2D eigenvalue weighted by Gasteiger charge is -2.14. The van der Waals surface area contributed by atoms with Crippen LogP contribution in [0.1, 0.15) is 16.7 Å². The van der Waals surface area contributed by atoms with Gasteiger partial charge in [-0.05, 0) is 29.8 Å². The fourth-order valence-electron chi connectivity index (χ4n) is 2.92. The molecule has 2 N–H and O–H groups in total. The van der Waals surface area contributed by atoms with E-state index >= 15 is 0 Å². The summed E-state index contributed by atoms with van der Waals surface area (Å²) in [4.78, 5) is 8.10. The van der Waals surface area contributed by atoms with Crippen LogP contribution >= 0.6 is 0 Å². The molecule has 30 heavy (non-hydrogen) atoms. The lowest BCUT2D eigenvalue weighted by Crippen LogP contribution is -2.13. The lowest BCUT2D eigenvalue weighted by molar-refractivity contribution is -0.143. The summed E-state index contributed by atoms with van der Waals surface area (Å²) in [6.07, 6.45) is -5.47. The van der Waals surface area contributed by atoms with Crippen LogP contribution in [-0.4, -0.2) is 29.5 Å². The second kappa shape index (κ2) is 6.71. The maximum Gasteiger partial charge on any atom is 0.416 e. The number of rotatable bonds is 3. The van der Waals surface area contributed by atoms with E-state index in [9.17, 15) is 26.3 Å². The minimum atomic E-state index is -4.94. The lowest BCUT2D eigenvalue weighted by atomic mass is 10.0. The van der Waals surface area contributed by atoms with E-state index in [-0.39, 0.29) is 29.0 Å². The van der Waals surface area contributed by atoms with Crippen molar-refractivity contribution in [3.8, 4) is 5.82 Å². The van der Waals surface area contributed by atoms with Crippen molar-refractivity contribution in [2.75, 3.05) is 5.73 Å². The third-order valence-corrected chi connectivity index (χ3v) is 4.19. The van der Waals surface area contributed by atoms with Gasteiger partial charge >= 0.3 is 12.4 Å². The van der Waals surface area contributed by atoms with Crippen molar-refractivity contribution in [3.63, 3.8) is 0 Å². The van der Waals surface area contributed by atoms with Crippen LogP contribution in [0, 0.1) is 0 Å². The van der Waals surface area contributed by atoms with Gasteiger partial charge in [-0.15, -0.1) is 0 Å². The molecule has 7 nitrogen and oxygen atoms in total. The zero-order chi connectivity index (χ0) is 21.7. The molecule has 3 aromatic heterocycles. The van der Waals surface area contributed by atoms with Crippen LogP contribution in [-0.2, 0) is 18.9 Å². The summed E-state index contributed by atoms with van der Waals surface area (Å²) in [5, 5.41) is 8.44. The van der Waals surface area contributed by atoms with Crippen LogP contribution in [0.4, 0.5) is 32.3 Å². The first-order valence-electron chi connectivity index (χ1n) is 8.30. The predicted molar refractivity (Wildman–Crippen MR) is 92.4 cm³/mol. The molecule has 0 amide bonds. The van der Waals surface area contributed by atoms with Gasteiger partial charge < -0.3 is 5.73 Å². The summed E-state index contributed by atoms with van der Waals surface area (Å²) in [5.74, 6) is 0.114. The van der Waals surface area contributed by atoms with Gasteiger partial charge in [0.1, 0.15) is 0 Å². The van der Waals surface area contributed by atoms with E-state index in [4.69, 9.17) is 5.73 Å². The number of aromatic nitrogens is 6. The molecule has 0 atom stereocenters. The van der Waals surface area contributed by atoms with Gasteiger partial charge in [0.2, 0.25) is 5.95 Å². The number of hydrogen-bond donors (Lipinski definition) is 1. The fraction of sp³-hybridized carbons (Fsp3) is 0.176. The number of halogens is 6. The van der Waals surface area contributed by atoms with Gasteiger partial charge in [0.25, 0.3) is 0 Å². The number of benzene rings is 1. The highest BCUT2D eigenvalue weighted by atomic mass is 19.4. The van der Waals surface area contributed by atoms with E-state index < -0.39 is 30.0 Å². The molecule has 1 aromatic carbocycles. The predicted octanol–water partition coefficient (Wildman–Crippen LogP) is 3.68. The zero-order valence-electron chi connectivity index (χ0n) is 14.8. The van der Waals surface area contributed by atoms with E-state index in [0.29, 0.717) is 17.5 Å². The van der Waals surface area contributed by atoms with Crippen molar-refractivity contribution in [3.05, 3.63) is 59.5 Å². The van der Waals surface area contributed by atoms with Crippen molar-refractivity contribution in [1.82, 2.24) is 29.5 Å². The summed E-state index contributed by atoms with van der Waals surface area (Å²) in [5.41, 5.74) is 2.79. The molecule has 4 rings (SSSR count). The maximum atomic E-state index is 13.1. The van der Waals surface area contributed by atoms with E-state index in [2.05, 4.69) is 20.2 Å². The maximum absolute atomic E-state index is 13.1. The van der Waals surface area contributed by atoms with E-state index in [1.54, 1.807) is 12.3 Å². The Kier molecular flexibility index (Phi) is 4.40. The smallest absolute Gasteiger partial charge is 0.368 e. The van der Waals surface area contributed by atoms with Crippen LogP contribution in [0.15, 0.2) is 42.9 Å². The molecule has 0 bridgehead atoms. The highest BCUT2D eigenvalue weighted by Gasteiger charge is 2.37. The summed E-state index contributed by atoms with van der Waals surface area (Å²) in [6.45, 7) is -0.397.